The third-order valence-corrected chi connectivity index (χ3v) is 5.08. The molecule has 6 nitrogen and oxygen atoms in total. The lowest BCUT2D eigenvalue weighted by Crippen LogP contribution is -2.38. The third-order valence-electron chi connectivity index (χ3n) is 3.15. The van der Waals surface area contributed by atoms with E-state index in [1.54, 1.807) is 0 Å². The molecule has 23 heavy (non-hydrogen) atoms. The molecule has 0 fully saturated rings. The van der Waals surface area contributed by atoms with Gasteiger partial charge in [0.15, 0.2) is 5.50 Å². The number of halogens is 1. The number of benzene rings is 1. The van der Waals surface area contributed by atoms with Crippen LogP contribution in [0.3, 0.4) is 0 Å². The first kappa shape index (κ1) is 17.7. The minimum absolute atomic E-state index is 0.234. The van der Waals surface area contributed by atoms with E-state index in [-0.39, 0.29) is 5.56 Å². The van der Waals surface area contributed by atoms with E-state index >= 15 is 0 Å². The van der Waals surface area contributed by atoms with Crippen molar-refractivity contribution in [1.82, 2.24) is 0 Å². The number of nitrogens with two attached hydrogens (primary N) is 1. The zero-order valence-electron chi connectivity index (χ0n) is 12.4. The predicted molar refractivity (Wildman–Crippen MR) is 86.0 cm³/mol. The van der Waals surface area contributed by atoms with Crippen molar-refractivity contribution in [3.8, 4) is 0 Å². The molecular weight excluding hydrogens is 339 g/mol. The molecule has 1 heterocycles. The Morgan fingerprint density at radius 3 is 2.30 bits per heavy atom. The van der Waals surface area contributed by atoms with E-state index in [1.165, 1.54) is 38.1 Å². The van der Waals surface area contributed by atoms with Crippen LogP contribution < -0.4 is 5.73 Å². The van der Waals surface area contributed by atoms with Crippen molar-refractivity contribution in [2.45, 2.75) is 24.0 Å². The summed E-state index contributed by atoms with van der Waals surface area (Å²) < 4.78 is 32.1. The molecular formula is C13H12B2ClNO5S. The zero-order valence-corrected chi connectivity index (χ0v) is 13.9. The second kappa shape index (κ2) is 5.49. The van der Waals surface area contributed by atoms with E-state index in [0.29, 0.717) is 5.02 Å². The Morgan fingerprint density at radius 1 is 1.30 bits per heavy atom. The summed E-state index contributed by atoms with van der Waals surface area (Å²) in [6.07, 6.45) is 0. The lowest BCUT2D eigenvalue weighted by Gasteiger charge is -2.24. The first-order valence-corrected chi connectivity index (χ1v) is 8.18. The van der Waals surface area contributed by atoms with Gasteiger partial charge in [0.05, 0.1) is 4.65 Å². The van der Waals surface area contributed by atoms with Crippen LogP contribution in [-0.2, 0) is 29.3 Å². The fourth-order valence-electron chi connectivity index (χ4n) is 1.73. The van der Waals surface area contributed by atoms with Gasteiger partial charge in [-0.05, 0) is 17.7 Å². The first-order chi connectivity index (χ1) is 10.4. The summed E-state index contributed by atoms with van der Waals surface area (Å²) in [5.41, 5.74) is 3.80. The van der Waals surface area contributed by atoms with E-state index in [9.17, 15) is 13.2 Å². The van der Waals surface area contributed by atoms with E-state index in [4.69, 9.17) is 41.9 Å². The summed E-state index contributed by atoms with van der Waals surface area (Å²) >= 11 is 5.78. The Bertz CT molecular complexity index is 786. The molecule has 0 aliphatic carbocycles. The molecule has 0 spiro atoms. The molecule has 0 unspecified atom stereocenters. The van der Waals surface area contributed by atoms with Crippen LogP contribution in [0.4, 0.5) is 0 Å². The average Bonchev–Trinajstić information content (AvgIpc) is 2.62. The van der Waals surface area contributed by atoms with Gasteiger partial charge in [-0.1, -0.05) is 37.6 Å². The largest absolute Gasteiger partial charge is 0.467 e. The summed E-state index contributed by atoms with van der Waals surface area (Å²) in [6.45, 7) is 2.41. The molecule has 0 bridgehead atoms. The van der Waals surface area contributed by atoms with E-state index in [2.05, 4.69) is 0 Å². The van der Waals surface area contributed by atoms with Crippen molar-refractivity contribution >= 4 is 43.2 Å². The summed E-state index contributed by atoms with van der Waals surface area (Å²) in [4.78, 5) is 12.5. The molecule has 4 radical (unpaired) electrons. The van der Waals surface area contributed by atoms with Crippen LogP contribution in [0.15, 0.2) is 35.9 Å². The van der Waals surface area contributed by atoms with Crippen LogP contribution in [0, 0.1) is 0 Å². The maximum Gasteiger partial charge on any atom is 0.306 e. The van der Waals surface area contributed by atoms with Gasteiger partial charge in [-0.3, -0.25) is 4.79 Å². The summed E-state index contributed by atoms with van der Waals surface area (Å²) in [6, 6.07) is 5.91. The highest BCUT2D eigenvalue weighted by Gasteiger charge is 2.49. The maximum absolute atomic E-state index is 12.5. The van der Waals surface area contributed by atoms with Crippen molar-refractivity contribution in [3.63, 3.8) is 0 Å². The predicted octanol–water partition coefficient (Wildman–Crippen LogP) is 0.639. The maximum atomic E-state index is 12.5. The molecule has 1 aromatic carbocycles. The first-order valence-electron chi connectivity index (χ1n) is 6.40. The molecule has 2 N–H and O–H groups in total. The van der Waals surface area contributed by atoms with Gasteiger partial charge in [0, 0.05) is 5.02 Å². The van der Waals surface area contributed by atoms with Crippen molar-refractivity contribution in [2.75, 3.05) is 0 Å². The number of rotatable bonds is 4. The quantitative estimate of drug-likeness (QED) is 0.632. The molecule has 1 aliphatic heterocycles. The van der Waals surface area contributed by atoms with Crippen LogP contribution in [0.25, 0.3) is 0 Å². The second-order valence-electron chi connectivity index (χ2n) is 5.51. The van der Waals surface area contributed by atoms with Gasteiger partial charge in [0.25, 0.3) is 0 Å². The SMILES string of the molecule is [B]C(C)(C)S(=O)(=O)OC1=C(N)O[C@]([B])(c2ccc(Cl)cc2)C1=O. The minimum Gasteiger partial charge on any atom is -0.467 e. The number of hydrogen-bond acceptors (Lipinski definition) is 6. The minimum atomic E-state index is -4.32. The number of hydrogen-bond donors (Lipinski definition) is 1. The highest BCUT2D eigenvalue weighted by molar-refractivity contribution is 7.89. The molecule has 0 saturated carbocycles. The van der Waals surface area contributed by atoms with E-state index in [1.807, 2.05) is 0 Å². The van der Waals surface area contributed by atoms with Gasteiger partial charge in [-0.25, -0.2) is 0 Å². The van der Waals surface area contributed by atoms with E-state index < -0.39 is 37.7 Å². The Morgan fingerprint density at radius 2 is 1.83 bits per heavy atom. The molecule has 0 saturated heterocycles. The summed E-state index contributed by atoms with van der Waals surface area (Å²) in [5.74, 6) is -2.19. The van der Waals surface area contributed by atoms with E-state index in [0.717, 1.165) is 0 Å². The highest BCUT2D eigenvalue weighted by Crippen LogP contribution is 2.37. The molecule has 0 amide bonds. The van der Waals surface area contributed by atoms with Crippen LogP contribution in [0.5, 0.6) is 0 Å². The smallest absolute Gasteiger partial charge is 0.306 e. The summed E-state index contributed by atoms with van der Waals surface area (Å²) in [5, 5.41) is 0.424. The standard InChI is InChI=1S/C13H12B2ClNO5S/c1-12(2,14)23(19,20)22-9-10(18)13(15,21-11(9)17)7-3-5-8(16)6-4-7/h3-6H,17H2,1-2H3/t13-/m1/s1. The third kappa shape index (κ3) is 3.07. The fraction of sp³-hybridized carbons (Fsp3) is 0.308. The normalized spacial score (nSPS) is 22.1. The summed E-state index contributed by atoms with van der Waals surface area (Å²) in [7, 11) is 7.12. The lowest BCUT2D eigenvalue weighted by molar-refractivity contribution is -0.126. The molecule has 10 heteroatoms. The Kier molecular flexibility index (Phi) is 4.24. The number of carbonyl (C=O) groups excluding carboxylic acids is 1. The fourth-order valence-corrected chi connectivity index (χ4v) is 2.45. The monoisotopic (exact) mass is 351 g/mol. The molecule has 118 valence electrons. The average molecular weight is 351 g/mol. The van der Waals surface area contributed by atoms with Crippen LogP contribution >= 0.6 is 11.6 Å². The Labute approximate surface area is 141 Å². The molecule has 2 rings (SSSR count). The Hall–Kier alpha value is -1.60. The molecule has 1 atom stereocenters. The second-order valence-corrected chi connectivity index (χ2v) is 8.07. The number of ketones is 1. The van der Waals surface area contributed by atoms with Crippen LogP contribution in [0.2, 0.25) is 5.02 Å². The molecule has 1 aliphatic rings. The topological polar surface area (TPSA) is 95.7 Å². The van der Waals surface area contributed by atoms with Crippen molar-refractivity contribution in [1.29, 1.82) is 0 Å². The zero-order chi connectivity index (χ0) is 17.6. The van der Waals surface area contributed by atoms with Crippen LogP contribution in [-0.4, -0.2) is 34.5 Å². The number of ether oxygens (including phenoxy) is 1. The van der Waals surface area contributed by atoms with Crippen molar-refractivity contribution in [3.05, 3.63) is 46.5 Å². The van der Waals surface area contributed by atoms with Gasteiger partial charge < -0.3 is 14.7 Å². The Balaban J connectivity index is 2.37. The van der Waals surface area contributed by atoms with Crippen molar-refractivity contribution < 1.29 is 22.1 Å². The number of Topliss-reactive ketones (excluding diaryl/α,β-unsaturated/α-hetero) is 1. The van der Waals surface area contributed by atoms with Gasteiger partial charge in [-0.15, -0.1) is 0 Å². The molecule has 1 aromatic rings. The van der Waals surface area contributed by atoms with Crippen LogP contribution in [0.1, 0.15) is 19.4 Å². The van der Waals surface area contributed by atoms with Crippen molar-refractivity contribution in [2.24, 2.45) is 5.73 Å². The van der Waals surface area contributed by atoms with Gasteiger partial charge >= 0.3 is 10.1 Å². The van der Waals surface area contributed by atoms with Gasteiger partial charge in [-0.2, -0.15) is 8.42 Å². The number of carbonyl (C=O) groups is 1. The lowest BCUT2D eigenvalue weighted by atomic mass is 9.73. The highest BCUT2D eigenvalue weighted by atomic mass is 35.5. The van der Waals surface area contributed by atoms with Gasteiger partial charge in [0.1, 0.15) is 15.7 Å². The van der Waals surface area contributed by atoms with Gasteiger partial charge in [0.2, 0.25) is 17.4 Å². The molecule has 0 aromatic heterocycles.